The van der Waals surface area contributed by atoms with Gasteiger partial charge in [0, 0.05) is 18.1 Å². The maximum atomic E-state index is 14.5. The number of alkyl halides is 3. The number of halogens is 5. The van der Waals surface area contributed by atoms with Gasteiger partial charge in [-0.15, -0.1) is 0 Å². The number of aromatic nitrogens is 2. The number of nitrogens with one attached hydrogen (secondary N) is 1. The summed E-state index contributed by atoms with van der Waals surface area (Å²) in [6.45, 7) is 3.10. The van der Waals surface area contributed by atoms with Crippen molar-refractivity contribution in [2.75, 3.05) is 6.61 Å². The Morgan fingerprint density at radius 2 is 2.03 bits per heavy atom. The Morgan fingerprint density at radius 1 is 1.35 bits per heavy atom. The number of H-pyrrole nitrogens is 1. The summed E-state index contributed by atoms with van der Waals surface area (Å²) >= 11 is 6.05. The lowest BCUT2D eigenvalue weighted by molar-refractivity contribution is -0.166. The molecule has 2 aromatic rings. The van der Waals surface area contributed by atoms with Crippen molar-refractivity contribution in [3.8, 4) is 5.69 Å². The molecule has 13 heteroatoms. The normalized spacial score (nSPS) is 18.5. The zero-order valence-corrected chi connectivity index (χ0v) is 16.7. The maximum absolute atomic E-state index is 14.5. The number of nitrogens with zero attached hydrogens (tertiary/aromatic N) is 2. The van der Waals surface area contributed by atoms with Crippen molar-refractivity contribution in [1.29, 1.82) is 0 Å². The fourth-order valence-electron chi connectivity index (χ4n) is 2.88. The molecule has 0 aliphatic carbocycles. The number of hydrogen-bond donors (Lipinski definition) is 1. The number of oxime groups is 1. The second kappa shape index (κ2) is 7.84. The molecule has 1 aliphatic heterocycles. The first-order valence-electron chi connectivity index (χ1n) is 8.73. The fourth-order valence-corrected chi connectivity index (χ4v) is 3.14. The minimum Gasteiger partial charge on any atom is -0.463 e. The van der Waals surface area contributed by atoms with Crippen LogP contribution in [0.25, 0.3) is 5.69 Å². The van der Waals surface area contributed by atoms with Crippen LogP contribution in [0.2, 0.25) is 5.02 Å². The summed E-state index contributed by atoms with van der Waals surface area (Å²) < 4.78 is 58.0. The molecule has 1 atom stereocenters. The molecule has 1 aliphatic rings. The van der Waals surface area contributed by atoms with E-state index in [1.807, 2.05) is 0 Å². The number of aromatic amines is 1. The van der Waals surface area contributed by atoms with Crippen molar-refractivity contribution in [2.45, 2.75) is 32.0 Å². The van der Waals surface area contributed by atoms with Crippen LogP contribution in [0.4, 0.5) is 17.6 Å². The third-order valence-electron chi connectivity index (χ3n) is 4.40. The highest BCUT2D eigenvalue weighted by molar-refractivity contribution is 6.34. The van der Waals surface area contributed by atoms with Gasteiger partial charge < -0.3 is 14.6 Å². The zero-order valence-electron chi connectivity index (χ0n) is 16.0. The third-order valence-corrected chi connectivity index (χ3v) is 4.71. The van der Waals surface area contributed by atoms with Crippen LogP contribution in [-0.4, -0.2) is 33.4 Å². The molecular formula is C18H14ClF4N3O5. The van der Waals surface area contributed by atoms with Gasteiger partial charge in [-0.3, -0.25) is 4.79 Å². The summed E-state index contributed by atoms with van der Waals surface area (Å²) in [4.78, 5) is 43.0. The van der Waals surface area contributed by atoms with E-state index in [2.05, 4.69) is 5.16 Å². The van der Waals surface area contributed by atoms with Crippen LogP contribution in [0, 0.1) is 5.82 Å². The Hall–Kier alpha value is -3.15. The predicted octanol–water partition coefficient (Wildman–Crippen LogP) is 2.78. The van der Waals surface area contributed by atoms with E-state index < -0.39 is 46.2 Å². The topological polar surface area (TPSA) is 103 Å². The molecule has 1 aromatic carbocycles. The summed E-state index contributed by atoms with van der Waals surface area (Å²) in [7, 11) is 0. The quantitative estimate of drug-likeness (QED) is 0.555. The van der Waals surface area contributed by atoms with Crippen LogP contribution in [0.1, 0.15) is 31.5 Å². The van der Waals surface area contributed by atoms with E-state index in [1.165, 1.54) is 11.9 Å². The van der Waals surface area contributed by atoms with E-state index in [0.717, 1.165) is 12.1 Å². The Balaban J connectivity index is 2.08. The molecule has 0 saturated carbocycles. The largest absolute Gasteiger partial charge is 0.463 e. The lowest BCUT2D eigenvalue weighted by atomic mass is 9.95. The van der Waals surface area contributed by atoms with Gasteiger partial charge in [-0.05, 0) is 26.0 Å². The van der Waals surface area contributed by atoms with Crippen LogP contribution in [0.5, 0.6) is 0 Å². The first-order valence-corrected chi connectivity index (χ1v) is 9.11. The summed E-state index contributed by atoms with van der Waals surface area (Å²) in [5.74, 6) is -1.85. The standard InChI is InChI=1S/C18H14ClF4N3O5/c1-3-30-15(28)17(2)7-11(25-31-17)8-4-12(10(20)5-9(8)19)26-14(27)6-13(18(21,22)23)24-16(26)29/h4-6H,3,7H2,1-2H3,(H,24,29)/t17-/m1/s1. The lowest BCUT2D eigenvalue weighted by Gasteiger charge is -2.18. The molecule has 3 rings (SSSR count). The molecule has 0 fully saturated rings. The molecule has 0 bridgehead atoms. The second-order valence-electron chi connectivity index (χ2n) is 6.70. The molecule has 1 aromatic heterocycles. The van der Waals surface area contributed by atoms with Crippen LogP contribution in [0.3, 0.4) is 0 Å². The first-order chi connectivity index (χ1) is 14.4. The zero-order chi connectivity index (χ0) is 23.1. The van der Waals surface area contributed by atoms with E-state index in [-0.39, 0.29) is 40.0 Å². The van der Waals surface area contributed by atoms with E-state index in [4.69, 9.17) is 21.2 Å². The molecule has 0 radical (unpaired) electrons. The highest BCUT2D eigenvalue weighted by Crippen LogP contribution is 2.32. The van der Waals surface area contributed by atoms with Crippen LogP contribution in [0.15, 0.2) is 32.9 Å². The molecule has 31 heavy (non-hydrogen) atoms. The van der Waals surface area contributed by atoms with Gasteiger partial charge in [0.15, 0.2) is 0 Å². The van der Waals surface area contributed by atoms with E-state index >= 15 is 0 Å². The van der Waals surface area contributed by atoms with Crippen molar-refractivity contribution >= 4 is 23.3 Å². The first kappa shape index (κ1) is 22.5. The van der Waals surface area contributed by atoms with Gasteiger partial charge in [-0.1, -0.05) is 16.8 Å². The second-order valence-corrected chi connectivity index (χ2v) is 7.11. The molecule has 2 heterocycles. The average Bonchev–Trinajstić information content (AvgIpc) is 3.05. The molecule has 0 saturated heterocycles. The minimum atomic E-state index is -4.98. The molecule has 166 valence electrons. The summed E-state index contributed by atoms with van der Waals surface area (Å²) in [6, 6.07) is 1.85. The van der Waals surface area contributed by atoms with Crippen molar-refractivity contribution < 1.29 is 31.9 Å². The number of esters is 1. The van der Waals surface area contributed by atoms with Crippen molar-refractivity contribution in [3.05, 3.63) is 61.1 Å². The summed E-state index contributed by atoms with van der Waals surface area (Å²) in [6.07, 6.45) is -5.11. The maximum Gasteiger partial charge on any atom is 0.431 e. The van der Waals surface area contributed by atoms with E-state index in [9.17, 15) is 31.9 Å². The average molecular weight is 464 g/mol. The fraction of sp³-hybridized carbons (Fsp3) is 0.333. The smallest absolute Gasteiger partial charge is 0.431 e. The Bertz CT molecular complexity index is 1170. The minimum absolute atomic E-state index is 0.0114. The van der Waals surface area contributed by atoms with Gasteiger partial charge in [0.05, 0.1) is 23.0 Å². The van der Waals surface area contributed by atoms with Gasteiger partial charge >= 0.3 is 17.8 Å². The molecule has 0 unspecified atom stereocenters. The third kappa shape index (κ3) is 4.20. The number of ether oxygens (including phenoxy) is 1. The number of hydrogen-bond acceptors (Lipinski definition) is 6. The molecule has 0 spiro atoms. The molecule has 1 N–H and O–H groups in total. The number of carbonyl (C=O) groups excluding carboxylic acids is 1. The Morgan fingerprint density at radius 3 is 2.61 bits per heavy atom. The number of rotatable bonds is 4. The summed E-state index contributed by atoms with van der Waals surface area (Å²) in [5.41, 5.74) is -6.54. The van der Waals surface area contributed by atoms with Gasteiger partial charge in [0.1, 0.15) is 11.5 Å². The molecule has 8 nitrogen and oxygen atoms in total. The Labute approximate surface area is 176 Å². The van der Waals surface area contributed by atoms with Crippen molar-refractivity contribution in [1.82, 2.24) is 9.55 Å². The highest BCUT2D eigenvalue weighted by Gasteiger charge is 2.44. The molecule has 0 amide bonds. The highest BCUT2D eigenvalue weighted by atomic mass is 35.5. The van der Waals surface area contributed by atoms with Crippen LogP contribution < -0.4 is 11.2 Å². The SMILES string of the molecule is CCOC(=O)[C@@]1(C)CC(c2cc(-n3c(=O)cc(C(F)(F)F)[nH]c3=O)c(F)cc2Cl)=NO1. The van der Waals surface area contributed by atoms with Crippen molar-refractivity contribution in [3.63, 3.8) is 0 Å². The van der Waals surface area contributed by atoms with Crippen molar-refractivity contribution in [2.24, 2.45) is 5.16 Å². The van der Waals surface area contributed by atoms with Gasteiger partial charge in [-0.2, -0.15) is 13.2 Å². The van der Waals surface area contributed by atoms with Crippen LogP contribution >= 0.6 is 11.6 Å². The predicted molar refractivity (Wildman–Crippen MR) is 99.9 cm³/mol. The van der Waals surface area contributed by atoms with E-state index in [1.54, 1.807) is 6.92 Å². The van der Waals surface area contributed by atoms with E-state index in [0.29, 0.717) is 0 Å². The summed E-state index contributed by atoms with van der Waals surface area (Å²) in [5, 5.41) is 3.58. The monoisotopic (exact) mass is 463 g/mol. The number of carbonyl (C=O) groups is 1. The van der Waals surface area contributed by atoms with Gasteiger partial charge in [-0.25, -0.2) is 18.5 Å². The molecular weight excluding hydrogens is 450 g/mol. The number of benzene rings is 1. The van der Waals surface area contributed by atoms with Crippen LogP contribution in [-0.2, 0) is 20.5 Å². The van der Waals surface area contributed by atoms with Gasteiger partial charge in [0.2, 0.25) is 5.60 Å². The lowest BCUT2D eigenvalue weighted by Crippen LogP contribution is -2.37. The Kier molecular flexibility index (Phi) is 5.70. The van der Waals surface area contributed by atoms with Gasteiger partial charge in [0.25, 0.3) is 5.56 Å².